The Morgan fingerprint density at radius 2 is 1.88 bits per heavy atom. The predicted octanol–water partition coefficient (Wildman–Crippen LogP) is 1.70. The summed E-state index contributed by atoms with van der Waals surface area (Å²) in [4.78, 5) is 11.0. The second kappa shape index (κ2) is 4.98. The summed E-state index contributed by atoms with van der Waals surface area (Å²) in [6.07, 6.45) is -1.96. The first-order chi connectivity index (χ1) is 7.47. The van der Waals surface area contributed by atoms with E-state index in [1.54, 1.807) is 0 Å². The first-order valence-corrected chi connectivity index (χ1v) is 4.46. The summed E-state index contributed by atoms with van der Waals surface area (Å²) >= 11 is 0. The van der Waals surface area contributed by atoms with Crippen molar-refractivity contribution in [3.63, 3.8) is 0 Å². The van der Waals surface area contributed by atoms with Crippen molar-refractivity contribution in [1.29, 1.82) is 0 Å². The van der Waals surface area contributed by atoms with Crippen molar-refractivity contribution in [2.75, 3.05) is 6.61 Å². The van der Waals surface area contributed by atoms with E-state index in [1.807, 2.05) is 0 Å². The summed E-state index contributed by atoms with van der Waals surface area (Å²) in [7, 11) is 0. The van der Waals surface area contributed by atoms with Crippen molar-refractivity contribution in [3.05, 3.63) is 35.1 Å². The van der Waals surface area contributed by atoms with Gasteiger partial charge in [0.1, 0.15) is 5.82 Å². The van der Waals surface area contributed by atoms with Crippen LogP contribution in [0.15, 0.2) is 12.1 Å². The number of rotatable bonds is 3. The van der Waals surface area contributed by atoms with Gasteiger partial charge in [0.15, 0.2) is 17.7 Å². The second-order valence-electron chi connectivity index (χ2n) is 2.94. The number of aliphatic hydroxyl groups excluding tert-OH is 1. The number of halogens is 3. The van der Waals surface area contributed by atoms with Gasteiger partial charge in [0, 0.05) is 11.6 Å². The zero-order valence-corrected chi connectivity index (χ0v) is 8.34. The molecular weight excluding hydrogens is 225 g/mol. The van der Waals surface area contributed by atoms with Crippen LogP contribution < -0.4 is 0 Å². The lowest BCUT2D eigenvalue weighted by molar-refractivity contribution is -0.153. The molecule has 0 aromatic heterocycles. The van der Waals surface area contributed by atoms with E-state index >= 15 is 0 Å². The molecule has 1 aromatic carbocycles. The van der Waals surface area contributed by atoms with Crippen LogP contribution in [-0.2, 0) is 9.53 Å². The molecule has 88 valence electrons. The molecule has 0 unspecified atom stereocenters. The van der Waals surface area contributed by atoms with Crippen LogP contribution in [0.2, 0.25) is 0 Å². The van der Waals surface area contributed by atoms with Crippen LogP contribution in [0.3, 0.4) is 0 Å². The van der Waals surface area contributed by atoms with Gasteiger partial charge in [-0.3, -0.25) is 0 Å². The fourth-order valence-electron chi connectivity index (χ4n) is 1.10. The summed E-state index contributed by atoms with van der Waals surface area (Å²) in [5.74, 6) is -5.07. The van der Waals surface area contributed by atoms with Gasteiger partial charge >= 0.3 is 5.97 Å². The van der Waals surface area contributed by atoms with E-state index < -0.39 is 35.1 Å². The fraction of sp³-hybridized carbons (Fsp3) is 0.300. The van der Waals surface area contributed by atoms with Crippen LogP contribution in [0.5, 0.6) is 0 Å². The van der Waals surface area contributed by atoms with Crippen LogP contribution in [0.4, 0.5) is 13.2 Å². The number of carbonyl (C=O) groups is 1. The van der Waals surface area contributed by atoms with Crippen molar-refractivity contribution in [3.8, 4) is 0 Å². The first-order valence-electron chi connectivity index (χ1n) is 4.46. The third kappa shape index (κ3) is 2.52. The summed E-state index contributed by atoms with van der Waals surface area (Å²) < 4.78 is 42.8. The Morgan fingerprint density at radius 1 is 1.31 bits per heavy atom. The van der Waals surface area contributed by atoms with Gasteiger partial charge in [-0.15, -0.1) is 0 Å². The summed E-state index contributed by atoms with van der Waals surface area (Å²) in [6.45, 7) is 1.48. The molecule has 1 N–H and O–H groups in total. The van der Waals surface area contributed by atoms with E-state index in [4.69, 9.17) is 0 Å². The Balaban J connectivity index is 3.04. The molecule has 6 heteroatoms. The molecule has 1 aromatic rings. The van der Waals surface area contributed by atoms with Gasteiger partial charge in [-0.05, 0) is 13.0 Å². The first kappa shape index (κ1) is 12.5. The van der Waals surface area contributed by atoms with Gasteiger partial charge in [-0.25, -0.2) is 18.0 Å². The van der Waals surface area contributed by atoms with E-state index in [1.165, 1.54) is 6.92 Å². The lowest BCUT2D eigenvalue weighted by Crippen LogP contribution is -2.17. The Morgan fingerprint density at radius 3 is 2.44 bits per heavy atom. The summed E-state index contributed by atoms with van der Waals surface area (Å²) in [6, 6.07) is 0.680. The van der Waals surface area contributed by atoms with E-state index in [9.17, 15) is 23.1 Å². The molecule has 0 aliphatic carbocycles. The Hall–Kier alpha value is -1.56. The molecule has 0 heterocycles. The molecule has 0 amide bonds. The van der Waals surface area contributed by atoms with E-state index in [-0.39, 0.29) is 12.7 Å². The minimum atomic E-state index is -1.96. The van der Waals surface area contributed by atoms with Crippen molar-refractivity contribution in [2.24, 2.45) is 0 Å². The maximum Gasteiger partial charge on any atom is 0.339 e. The molecule has 0 radical (unpaired) electrons. The minimum absolute atomic E-state index is 0.0127. The van der Waals surface area contributed by atoms with E-state index in [0.29, 0.717) is 6.07 Å². The molecule has 0 saturated carbocycles. The maximum atomic E-state index is 13.1. The van der Waals surface area contributed by atoms with Crippen molar-refractivity contribution in [1.82, 2.24) is 0 Å². The largest absolute Gasteiger partial charge is 0.464 e. The number of benzene rings is 1. The van der Waals surface area contributed by atoms with E-state index in [2.05, 4.69) is 4.74 Å². The summed E-state index contributed by atoms with van der Waals surface area (Å²) in [5, 5.41) is 9.31. The molecule has 0 saturated heterocycles. The van der Waals surface area contributed by atoms with Gasteiger partial charge in [0.25, 0.3) is 0 Å². The molecule has 16 heavy (non-hydrogen) atoms. The number of carbonyl (C=O) groups excluding carboxylic acids is 1. The molecule has 0 fully saturated rings. The highest BCUT2D eigenvalue weighted by atomic mass is 19.2. The van der Waals surface area contributed by atoms with Gasteiger partial charge < -0.3 is 9.84 Å². The van der Waals surface area contributed by atoms with Crippen molar-refractivity contribution >= 4 is 5.97 Å². The van der Waals surface area contributed by atoms with Gasteiger partial charge in [-0.1, -0.05) is 0 Å². The molecule has 3 nitrogen and oxygen atoms in total. The fourth-order valence-corrected chi connectivity index (χ4v) is 1.10. The third-order valence-electron chi connectivity index (χ3n) is 1.84. The lowest BCUT2D eigenvalue weighted by Gasteiger charge is -2.10. The zero-order chi connectivity index (χ0) is 12.3. The van der Waals surface area contributed by atoms with Gasteiger partial charge in [-0.2, -0.15) is 0 Å². The van der Waals surface area contributed by atoms with Crippen LogP contribution in [0.25, 0.3) is 0 Å². The normalized spacial score (nSPS) is 12.3. The monoisotopic (exact) mass is 234 g/mol. The highest BCUT2D eigenvalue weighted by Gasteiger charge is 2.24. The summed E-state index contributed by atoms with van der Waals surface area (Å²) in [5.41, 5.74) is -0.655. The molecule has 0 spiro atoms. The highest BCUT2D eigenvalue weighted by Crippen LogP contribution is 2.21. The van der Waals surface area contributed by atoms with Crippen LogP contribution in [-0.4, -0.2) is 17.7 Å². The number of ether oxygens (including phenoxy) is 1. The Bertz CT molecular complexity index is 407. The van der Waals surface area contributed by atoms with Crippen LogP contribution in [0.1, 0.15) is 18.6 Å². The predicted molar refractivity (Wildman–Crippen MR) is 47.9 cm³/mol. The Labute approximate surface area is 89.5 Å². The maximum absolute atomic E-state index is 13.1. The minimum Gasteiger partial charge on any atom is -0.464 e. The third-order valence-corrected chi connectivity index (χ3v) is 1.84. The molecule has 1 atom stereocenters. The number of aliphatic hydroxyl groups is 1. The van der Waals surface area contributed by atoms with E-state index in [0.717, 1.165) is 0 Å². The van der Waals surface area contributed by atoms with Crippen LogP contribution >= 0.6 is 0 Å². The van der Waals surface area contributed by atoms with Gasteiger partial charge in [0.2, 0.25) is 0 Å². The molecule has 0 aliphatic rings. The van der Waals surface area contributed by atoms with Gasteiger partial charge in [0.05, 0.1) is 6.61 Å². The zero-order valence-electron chi connectivity index (χ0n) is 8.34. The smallest absolute Gasteiger partial charge is 0.339 e. The number of hydrogen-bond acceptors (Lipinski definition) is 3. The molecule has 1 rings (SSSR count). The quantitative estimate of drug-likeness (QED) is 0.639. The molecular formula is C10H9F3O3. The standard InChI is InChI=1S/C10H9F3O3/c1-2-16-10(15)9(14)5-3-7(12)8(13)4-6(5)11/h3-4,9,14H,2H2,1H3/t9-/m1/s1. The van der Waals surface area contributed by atoms with Crippen molar-refractivity contribution < 1.29 is 27.8 Å². The number of esters is 1. The SMILES string of the molecule is CCOC(=O)[C@H](O)c1cc(F)c(F)cc1F. The molecule has 0 bridgehead atoms. The Kier molecular flexibility index (Phi) is 3.89. The van der Waals surface area contributed by atoms with Crippen molar-refractivity contribution in [2.45, 2.75) is 13.0 Å². The highest BCUT2D eigenvalue weighted by molar-refractivity contribution is 5.76. The van der Waals surface area contributed by atoms with Crippen LogP contribution in [0, 0.1) is 17.5 Å². The molecule has 0 aliphatic heterocycles. The topological polar surface area (TPSA) is 46.5 Å². The number of hydrogen-bond donors (Lipinski definition) is 1. The average Bonchev–Trinajstić information content (AvgIpc) is 2.23. The second-order valence-corrected chi connectivity index (χ2v) is 2.94. The average molecular weight is 234 g/mol. The lowest BCUT2D eigenvalue weighted by atomic mass is 10.1.